The molecule has 0 atom stereocenters. The molecule has 1 aromatic heterocycles. The predicted octanol–water partition coefficient (Wildman–Crippen LogP) is 5.75. The van der Waals surface area contributed by atoms with E-state index in [1.807, 2.05) is 6.92 Å². The predicted molar refractivity (Wildman–Crippen MR) is 137 cm³/mol. The van der Waals surface area contributed by atoms with E-state index in [0.29, 0.717) is 22.7 Å². The molecule has 0 saturated carbocycles. The van der Waals surface area contributed by atoms with E-state index in [2.05, 4.69) is 0 Å². The molecule has 0 spiro atoms. The molecule has 0 N–H and O–H groups in total. The lowest BCUT2D eigenvalue weighted by molar-refractivity contribution is -0.384. The maximum Gasteiger partial charge on any atom is 0.343 e. The highest BCUT2D eigenvalue weighted by Crippen LogP contribution is 2.31. The van der Waals surface area contributed by atoms with Gasteiger partial charge in [-0.3, -0.25) is 19.7 Å². The summed E-state index contributed by atoms with van der Waals surface area (Å²) in [7, 11) is 0. The van der Waals surface area contributed by atoms with Crippen LogP contribution in [-0.4, -0.2) is 22.8 Å². The number of non-ortho nitro benzene ring substituents is 1. The molecule has 1 saturated heterocycles. The molecule has 1 fully saturated rings. The van der Waals surface area contributed by atoms with Crippen LogP contribution >= 0.6 is 0 Å². The molecule has 2 heterocycles. The van der Waals surface area contributed by atoms with E-state index in [9.17, 15) is 24.5 Å². The summed E-state index contributed by atoms with van der Waals surface area (Å²) in [5.74, 6) is -0.961. The number of hydrogen-bond acceptors (Lipinski definition) is 6. The maximum atomic E-state index is 13.5. The van der Waals surface area contributed by atoms with Gasteiger partial charge in [-0.2, -0.15) is 0 Å². The van der Waals surface area contributed by atoms with Crippen LogP contribution in [0.4, 0.5) is 21.9 Å². The Balaban J connectivity index is 1.56. The fourth-order valence-electron chi connectivity index (χ4n) is 3.93. The minimum absolute atomic E-state index is 0.0575. The van der Waals surface area contributed by atoms with E-state index in [1.54, 1.807) is 78.9 Å². The quantitative estimate of drug-likeness (QED) is 0.151. The largest absolute Gasteiger partial charge is 0.457 e. The van der Waals surface area contributed by atoms with E-state index < -0.39 is 22.8 Å². The molecule has 9 heteroatoms. The van der Waals surface area contributed by atoms with Gasteiger partial charge in [0.15, 0.2) is 0 Å². The highest BCUT2D eigenvalue weighted by molar-refractivity contribution is 6.46. The Morgan fingerprint density at radius 3 is 1.95 bits per heavy atom. The first-order valence-corrected chi connectivity index (χ1v) is 11.2. The number of imide groups is 2. The van der Waals surface area contributed by atoms with Crippen molar-refractivity contribution >= 4 is 41.0 Å². The monoisotopic (exact) mass is 493 g/mol. The van der Waals surface area contributed by atoms with Crippen LogP contribution in [0.2, 0.25) is 0 Å². The molecule has 4 amide bonds. The number of para-hydroxylation sites is 1. The number of rotatable bonds is 5. The SMILES string of the molecule is Cc1ccc(N2C(=O)/C(=C\c3ccc(-c4ccc([N+](=O)[O-])cc4)o3)C(=O)N(c3ccccc3)C2=O)cc1. The first-order chi connectivity index (χ1) is 17.8. The third-order valence-electron chi connectivity index (χ3n) is 5.83. The van der Waals surface area contributed by atoms with Crippen molar-refractivity contribution in [1.29, 1.82) is 0 Å². The Bertz CT molecular complexity index is 1550. The van der Waals surface area contributed by atoms with Gasteiger partial charge in [0.1, 0.15) is 17.1 Å². The molecule has 0 bridgehead atoms. The number of furan rings is 1. The number of urea groups is 1. The number of nitro benzene ring substituents is 1. The number of nitrogens with zero attached hydrogens (tertiary/aromatic N) is 3. The Morgan fingerprint density at radius 2 is 1.35 bits per heavy atom. The minimum Gasteiger partial charge on any atom is -0.457 e. The van der Waals surface area contributed by atoms with Crippen LogP contribution in [-0.2, 0) is 9.59 Å². The maximum absolute atomic E-state index is 13.5. The first kappa shape index (κ1) is 23.4. The number of nitro groups is 1. The fourth-order valence-corrected chi connectivity index (χ4v) is 3.93. The molecular formula is C28H19N3O6. The summed E-state index contributed by atoms with van der Waals surface area (Å²) in [6.45, 7) is 1.88. The van der Waals surface area contributed by atoms with Crippen molar-refractivity contribution in [3.05, 3.63) is 118 Å². The molecule has 182 valence electrons. The lowest BCUT2D eigenvalue weighted by Gasteiger charge is -2.33. The Hall–Kier alpha value is -5.31. The number of amides is 4. The van der Waals surface area contributed by atoms with Crippen LogP contribution in [0, 0.1) is 17.0 Å². The molecule has 1 aliphatic heterocycles. The van der Waals surface area contributed by atoms with E-state index >= 15 is 0 Å². The average molecular weight is 493 g/mol. The van der Waals surface area contributed by atoms with Crippen molar-refractivity contribution in [2.75, 3.05) is 9.80 Å². The van der Waals surface area contributed by atoms with Crippen LogP contribution in [0.25, 0.3) is 17.4 Å². The van der Waals surface area contributed by atoms with Crippen molar-refractivity contribution in [2.24, 2.45) is 0 Å². The van der Waals surface area contributed by atoms with E-state index in [-0.39, 0.29) is 17.0 Å². The molecule has 37 heavy (non-hydrogen) atoms. The van der Waals surface area contributed by atoms with Gasteiger partial charge < -0.3 is 4.42 Å². The summed E-state index contributed by atoms with van der Waals surface area (Å²) in [4.78, 5) is 52.6. The van der Waals surface area contributed by atoms with Gasteiger partial charge in [0.2, 0.25) is 0 Å². The molecule has 1 aliphatic rings. The molecular weight excluding hydrogens is 474 g/mol. The summed E-state index contributed by atoms with van der Waals surface area (Å²) in [5.41, 5.74) is 1.86. The zero-order valence-corrected chi connectivity index (χ0v) is 19.5. The lowest BCUT2D eigenvalue weighted by Crippen LogP contribution is -2.57. The molecule has 4 aromatic rings. The highest BCUT2D eigenvalue weighted by atomic mass is 16.6. The van der Waals surface area contributed by atoms with Crippen molar-refractivity contribution in [1.82, 2.24) is 0 Å². The van der Waals surface area contributed by atoms with Gasteiger partial charge in [-0.25, -0.2) is 14.6 Å². The summed E-state index contributed by atoms with van der Waals surface area (Å²) in [6.07, 6.45) is 1.29. The molecule has 0 radical (unpaired) electrons. The zero-order chi connectivity index (χ0) is 26.1. The van der Waals surface area contributed by atoms with Crippen LogP contribution in [0.1, 0.15) is 11.3 Å². The molecule has 0 unspecified atom stereocenters. The fraction of sp³-hybridized carbons (Fsp3) is 0.0357. The number of hydrogen-bond donors (Lipinski definition) is 0. The Labute approximate surface area is 211 Å². The molecule has 0 aliphatic carbocycles. The summed E-state index contributed by atoms with van der Waals surface area (Å²) in [6, 6.07) is 23.4. The number of aryl methyl sites for hydroxylation is 1. The number of benzene rings is 3. The van der Waals surface area contributed by atoms with Crippen LogP contribution in [0.15, 0.2) is 101 Å². The number of anilines is 2. The van der Waals surface area contributed by atoms with Gasteiger partial charge in [-0.15, -0.1) is 0 Å². The normalized spacial score (nSPS) is 14.9. The van der Waals surface area contributed by atoms with Gasteiger partial charge in [0.25, 0.3) is 17.5 Å². The van der Waals surface area contributed by atoms with Crippen molar-refractivity contribution < 1.29 is 23.7 Å². The van der Waals surface area contributed by atoms with Crippen LogP contribution < -0.4 is 9.80 Å². The number of barbiturate groups is 1. The van der Waals surface area contributed by atoms with Gasteiger partial charge in [-0.1, -0.05) is 35.9 Å². The second kappa shape index (κ2) is 9.38. The number of carbonyl (C=O) groups is 3. The molecule has 9 nitrogen and oxygen atoms in total. The van der Waals surface area contributed by atoms with Gasteiger partial charge >= 0.3 is 6.03 Å². The third kappa shape index (κ3) is 4.41. The van der Waals surface area contributed by atoms with Gasteiger partial charge in [0, 0.05) is 17.7 Å². The second-order valence-electron chi connectivity index (χ2n) is 8.30. The zero-order valence-electron chi connectivity index (χ0n) is 19.5. The summed E-state index contributed by atoms with van der Waals surface area (Å²) >= 11 is 0. The average Bonchev–Trinajstić information content (AvgIpc) is 3.37. The smallest absolute Gasteiger partial charge is 0.343 e. The summed E-state index contributed by atoms with van der Waals surface area (Å²) in [5, 5.41) is 10.9. The minimum atomic E-state index is -0.784. The van der Waals surface area contributed by atoms with Crippen LogP contribution in [0.3, 0.4) is 0 Å². The lowest BCUT2D eigenvalue weighted by atomic mass is 10.1. The van der Waals surface area contributed by atoms with E-state index in [4.69, 9.17) is 4.42 Å². The van der Waals surface area contributed by atoms with Gasteiger partial charge in [-0.05, 0) is 61.5 Å². The second-order valence-corrected chi connectivity index (χ2v) is 8.30. The standard InChI is InChI=1S/C28H19N3O6/c1-18-7-11-21(12-8-18)30-27(33)24(26(32)29(28(30)34)20-5-3-2-4-6-20)17-23-15-16-25(37-23)19-9-13-22(14-10-19)31(35)36/h2-17H,1H3/b24-17-. The van der Waals surface area contributed by atoms with Crippen LogP contribution in [0.5, 0.6) is 0 Å². The third-order valence-corrected chi connectivity index (χ3v) is 5.83. The van der Waals surface area contributed by atoms with Crippen molar-refractivity contribution in [3.63, 3.8) is 0 Å². The topological polar surface area (TPSA) is 114 Å². The first-order valence-electron chi connectivity index (χ1n) is 11.2. The number of carbonyl (C=O) groups excluding carboxylic acids is 3. The van der Waals surface area contributed by atoms with E-state index in [0.717, 1.165) is 15.4 Å². The summed E-state index contributed by atoms with van der Waals surface area (Å²) < 4.78 is 5.82. The molecule has 5 rings (SSSR count). The van der Waals surface area contributed by atoms with Gasteiger partial charge in [0.05, 0.1) is 16.3 Å². The van der Waals surface area contributed by atoms with Crippen molar-refractivity contribution in [2.45, 2.75) is 6.92 Å². The van der Waals surface area contributed by atoms with E-state index in [1.165, 1.54) is 18.2 Å². The molecule has 3 aromatic carbocycles. The Kier molecular flexibility index (Phi) is 5.94. The highest BCUT2D eigenvalue weighted by Gasteiger charge is 2.43. The Morgan fingerprint density at radius 1 is 0.757 bits per heavy atom. The van der Waals surface area contributed by atoms with Crippen molar-refractivity contribution in [3.8, 4) is 11.3 Å².